The lowest BCUT2D eigenvalue weighted by Crippen LogP contribution is -2.50. The summed E-state index contributed by atoms with van der Waals surface area (Å²) in [5.74, 6) is 1.06. The number of anilines is 2. The molecule has 2 N–H and O–H groups in total. The molecule has 1 aliphatic heterocycles. The van der Waals surface area contributed by atoms with E-state index in [1.165, 1.54) is 0 Å². The van der Waals surface area contributed by atoms with Gasteiger partial charge in [0.1, 0.15) is 11.5 Å². The Hall–Kier alpha value is -2.89. The van der Waals surface area contributed by atoms with E-state index in [9.17, 15) is 9.90 Å². The van der Waals surface area contributed by atoms with Gasteiger partial charge in [-0.15, -0.1) is 0 Å². The molecule has 1 heterocycles. The van der Waals surface area contributed by atoms with Crippen molar-refractivity contribution in [2.24, 2.45) is 0 Å². The number of benzene rings is 2. The van der Waals surface area contributed by atoms with Crippen LogP contribution < -0.4 is 15.0 Å². The Bertz CT molecular complexity index is 738. The van der Waals surface area contributed by atoms with E-state index in [0.717, 1.165) is 17.1 Å². The van der Waals surface area contributed by atoms with Gasteiger partial charge >= 0.3 is 6.03 Å². The van der Waals surface area contributed by atoms with E-state index in [1.54, 1.807) is 17.0 Å². The fourth-order valence-corrected chi connectivity index (χ4v) is 2.97. The molecule has 2 aromatic rings. The molecule has 6 heteroatoms. The number of rotatable bonds is 4. The van der Waals surface area contributed by atoms with E-state index in [0.29, 0.717) is 26.2 Å². The summed E-state index contributed by atoms with van der Waals surface area (Å²) in [5, 5.41) is 12.9. The summed E-state index contributed by atoms with van der Waals surface area (Å²) in [6.07, 6.45) is 0.121. The number of nitrogens with one attached hydrogen (secondary N) is 1. The molecule has 26 heavy (non-hydrogen) atoms. The van der Waals surface area contributed by atoms with Crippen LogP contribution >= 0.6 is 0 Å². The van der Waals surface area contributed by atoms with Gasteiger partial charge in [-0.2, -0.15) is 0 Å². The summed E-state index contributed by atoms with van der Waals surface area (Å²) in [6.45, 7) is 6.54. The lowest BCUT2D eigenvalue weighted by Gasteiger charge is -2.36. The zero-order valence-electron chi connectivity index (χ0n) is 15.2. The highest BCUT2D eigenvalue weighted by atomic mass is 16.5. The number of phenolic OH excluding ortho intramolecular Hbond substituents is 1. The number of carbonyl (C=O) groups excluding carboxylic acids is 1. The molecule has 2 amide bonds. The van der Waals surface area contributed by atoms with Crippen molar-refractivity contribution in [3.05, 3.63) is 48.5 Å². The summed E-state index contributed by atoms with van der Waals surface area (Å²) >= 11 is 0. The molecule has 0 atom stereocenters. The molecule has 0 unspecified atom stereocenters. The van der Waals surface area contributed by atoms with Crippen LogP contribution in [0, 0.1) is 0 Å². The average molecular weight is 355 g/mol. The summed E-state index contributed by atoms with van der Waals surface area (Å²) in [6, 6.07) is 14.6. The Morgan fingerprint density at radius 1 is 1.04 bits per heavy atom. The van der Waals surface area contributed by atoms with Gasteiger partial charge < -0.3 is 25.0 Å². The maximum Gasteiger partial charge on any atom is 0.321 e. The molecule has 1 fully saturated rings. The highest BCUT2D eigenvalue weighted by molar-refractivity contribution is 5.89. The molecule has 0 radical (unpaired) electrons. The minimum absolute atomic E-state index is 0.112. The Balaban J connectivity index is 1.53. The predicted octanol–water partition coefficient (Wildman–Crippen LogP) is 3.53. The molecule has 0 aromatic heterocycles. The third-order valence-electron chi connectivity index (χ3n) is 4.27. The highest BCUT2D eigenvalue weighted by Gasteiger charge is 2.22. The first-order valence-electron chi connectivity index (χ1n) is 8.88. The summed E-state index contributed by atoms with van der Waals surface area (Å²) in [5.41, 5.74) is 1.56. The van der Waals surface area contributed by atoms with Gasteiger partial charge in [0.25, 0.3) is 0 Å². The smallest absolute Gasteiger partial charge is 0.321 e. The number of phenols is 1. The SMILES string of the molecule is CC(C)Oc1ccc(NC(=O)N2CCN(c3ccccc3O)CC2)cc1. The minimum Gasteiger partial charge on any atom is -0.506 e. The zero-order chi connectivity index (χ0) is 18.5. The van der Waals surface area contributed by atoms with Crippen molar-refractivity contribution >= 4 is 17.4 Å². The van der Waals surface area contributed by atoms with Crippen LogP contribution in [0.5, 0.6) is 11.5 Å². The van der Waals surface area contributed by atoms with Gasteiger partial charge in [-0.05, 0) is 50.2 Å². The Labute approximate surface area is 154 Å². The van der Waals surface area contributed by atoms with Gasteiger partial charge in [0.15, 0.2) is 0 Å². The molecular weight excluding hydrogens is 330 g/mol. The van der Waals surface area contributed by atoms with Crippen LogP contribution in [-0.4, -0.2) is 48.3 Å². The number of amides is 2. The molecule has 0 aliphatic carbocycles. The van der Waals surface area contributed by atoms with Gasteiger partial charge in [-0.25, -0.2) is 4.79 Å². The number of piperazine rings is 1. The van der Waals surface area contributed by atoms with Crippen molar-refractivity contribution in [2.75, 3.05) is 36.4 Å². The van der Waals surface area contributed by atoms with Crippen molar-refractivity contribution in [1.82, 2.24) is 4.90 Å². The number of nitrogens with zero attached hydrogens (tertiary/aromatic N) is 2. The van der Waals surface area contributed by atoms with Crippen molar-refractivity contribution in [2.45, 2.75) is 20.0 Å². The lowest BCUT2D eigenvalue weighted by molar-refractivity contribution is 0.208. The van der Waals surface area contributed by atoms with E-state index >= 15 is 0 Å². The first kappa shape index (κ1) is 17.9. The Kier molecular flexibility index (Phi) is 5.51. The largest absolute Gasteiger partial charge is 0.506 e. The van der Waals surface area contributed by atoms with Crippen molar-refractivity contribution in [3.63, 3.8) is 0 Å². The predicted molar refractivity (Wildman–Crippen MR) is 103 cm³/mol. The number of ether oxygens (including phenoxy) is 1. The fraction of sp³-hybridized carbons (Fsp3) is 0.350. The normalized spacial score (nSPS) is 14.4. The number of hydrogen-bond acceptors (Lipinski definition) is 4. The molecule has 6 nitrogen and oxygen atoms in total. The third kappa shape index (κ3) is 4.39. The summed E-state index contributed by atoms with van der Waals surface area (Å²) < 4.78 is 5.60. The zero-order valence-corrected chi connectivity index (χ0v) is 15.2. The molecule has 2 aromatic carbocycles. The number of hydrogen-bond donors (Lipinski definition) is 2. The lowest BCUT2D eigenvalue weighted by atomic mass is 10.2. The quantitative estimate of drug-likeness (QED) is 0.880. The maximum atomic E-state index is 12.5. The van der Waals surface area contributed by atoms with E-state index in [-0.39, 0.29) is 17.9 Å². The van der Waals surface area contributed by atoms with Crippen LogP contribution in [0.15, 0.2) is 48.5 Å². The van der Waals surface area contributed by atoms with Crippen molar-refractivity contribution in [3.8, 4) is 11.5 Å². The number of aromatic hydroxyl groups is 1. The molecule has 3 rings (SSSR count). The molecule has 1 aliphatic rings. The maximum absolute atomic E-state index is 12.5. The van der Waals surface area contributed by atoms with E-state index < -0.39 is 0 Å². The van der Waals surface area contributed by atoms with Crippen LogP contribution in [0.2, 0.25) is 0 Å². The molecule has 0 bridgehead atoms. The number of urea groups is 1. The first-order chi connectivity index (χ1) is 12.5. The van der Waals surface area contributed by atoms with Crippen LogP contribution in [-0.2, 0) is 0 Å². The molecule has 1 saturated heterocycles. The Morgan fingerprint density at radius 2 is 1.69 bits per heavy atom. The second-order valence-corrected chi connectivity index (χ2v) is 6.58. The topological polar surface area (TPSA) is 65.0 Å². The van der Waals surface area contributed by atoms with E-state index in [2.05, 4.69) is 10.2 Å². The number of para-hydroxylation sites is 2. The van der Waals surface area contributed by atoms with Crippen LogP contribution in [0.1, 0.15) is 13.8 Å². The Morgan fingerprint density at radius 3 is 2.31 bits per heavy atom. The first-order valence-corrected chi connectivity index (χ1v) is 8.88. The van der Waals surface area contributed by atoms with Crippen molar-refractivity contribution < 1.29 is 14.6 Å². The summed E-state index contributed by atoms with van der Waals surface area (Å²) in [4.78, 5) is 16.3. The van der Waals surface area contributed by atoms with Gasteiger partial charge in [0, 0.05) is 31.9 Å². The molecular formula is C20H25N3O3. The molecule has 0 spiro atoms. The van der Waals surface area contributed by atoms with Gasteiger partial charge in [-0.3, -0.25) is 0 Å². The van der Waals surface area contributed by atoms with Gasteiger partial charge in [0.2, 0.25) is 0 Å². The van der Waals surface area contributed by atoms with E-state index in [1.807, 2.05) is 50.2 Å². The van der Waals surface area contributed by atoms with Gasteiger partial charge in [0.05, 0.1) is 11.8 Å². The van der Waals surface area contributed by atoms with E-state index in [4.69, 9.17) is 4.74 Å². The average Bonchev–Trinajstić information content (AvgIpc) is 2.63. The van der Waals surface area contributed by atoms with Crippen LogP contribution in [0.3, 0.4) is 0 Å². The fourth-order valence-electron chi connectivity index (χ4n) is 2.97. The second kappa shape index (κ2) is 7.99. The molecule has 138 valence electrons. The highest BCUT2D eigenvalue weighted by Crippen LogP contribution is 2.27. The summed E-state index contributed by atoms with van der Waals surface area (Å²) in [7, 11) is 0. The van der Waals surface area contributed by atoms with Crippen molar-refractivity contribution in [1.29, 1.82) is 0 Å². The van der Waals surface area contributed by atoms with Gasteiger partial charge in [-0.1, -0.05) is 12.1 Å². The monoisotopic (exact) mass is 355 g/mol. The number of carbonyl (C=O) groups is 1. The molecule has 0 saturated carbocycles. The van der Waals surface area contributed by atoms with Crippen LogP contribution in [0.4, 0.5) is 16.2 Å². The minimum atomic E-state index is -0.112. The third-order valence-corrected chi connectivity index (χ3v) is 4.27. The van der Waals surface area contributed by atoms with Crippen LogP contribution in [0.25, 0.3) is 0 Å². The second-order valence-electron chi connectivity index (χ2n) is 6.58. The standard InChI is InChI=1S/C20H25N3O3/c1-15(2)26-17-9-7-16(8-10-17)21-20(25)23-13-11-22(12-14-23)18-5-3-4-6-19(18)24/h3-10,15,24H,11-14H2,1-2H3,(H,21,25).